The average Bonchev–Trinajstić information content (AvgIpc) is 2.92. The number of piperidine rings is 1. The standard InChI is InChI=1S/C28H31F3N4O3S/c1-34(14-6-16-38-2)23-13-12-22(21-9-3-7-20(18-36)26(21)23)32-27(37)19-8-5-15-35(17-19)39-25-11-4-10-24(33-25)28(29,30)31/h3-4,7,9-13,18-19H,5-6,8,14-17H2,1-2H3,(H,32,37). The Morgan fingerprint density at radius 1 is 1.23 bits per heavy atom. The van der Waals surface area contributed by atoms with Gasteiger partial charge in [0, 0.05) is 68.1 Å². The molecule has 0 bridgehead atoms. The van der Waals surface area contributed by atoms with Crippen molar-refractivity contribution < 1.29 is 27.5 Å². The van der Waals surface area contributed by atoms with Crippen LogP contribution in [0.15, 0.2) is 53.6 Å². The summed E-state index contributed by atoms with van der Waals surface area (Å²) in [7, 11) is 3.61. The molecule has 1 fully saturated rings. The van der Waals surface area contributed by atoms with Crippen molar-refractivity contribution in [3.8, 4) is 0 Å². The number of rotatable bonds is 10. The molecule has 1 saturated heterocycles. The molecule has 208 valence electrons. The minimum atomic E-state index is -4.51. The number of fused-ring (bicyclic) bond motifs is 1. The molecule has 0 radical (unpaired) electrons. The number of amides is 1. The van der Waals surface area contributed by atoms with Crippen LogP contribution < -0.4 is 10.2 Å². The maximum absolute atomic E-state index is 13.3. The Labute approximate surface area is 229 Å². The number of halogens is 3. The van der Waals surface area contributed by atoms with E-state index < -0.39 is 11.9 Å². The first-order chi connectivity index (χ1) is 18.7. The lowest BCUT2D eigenvalue weighted by Crippen LogP contribution is -2.37. The Hall–Kier alpha value is -3.15. The lowest BCUT2D eigenvalue weighted by molar-refractivity contribution is -0.141. The number of pyridine rings is 1. The van der Waals surface area contributed by atoms with Crippen LogP contribution in [0.1, 0.15) is 35.3 Å². The fourth-order valence-corrected chi connectivity index (χ4v) is 5.76. The van der Waals surface area contributed by atoms with Crippen LogP contribution in [0.25, 0.3) is 10.8 Å². The number of benzene rings is 2. The minimum Gasteiger partial charge on any atom is -0.385 e. The number of anilines is 2. The molecule has 11 heteroatoms. The van der Waals surface area contributed by atoms with Crippen LogP contribution in [-0.2, 0) is 15.7 Å². The summed E-state index contributed by atoms with van der Waals surface area (Å²) >= 11 is 1.13. The highest BCUT2D eigenvalue weighted by Crippen LogP contribution is 2.36. The molecule has 1 N–H and O–H groups in total. The number of aldehydes is 1. The molecular weight excluding hydrogens is 529 g/mol. The summed E-state index contributed by atoms with van der Waals surface area (Å²) in [6, 6.07) is 13.0. The van der Waals surface area contributed by atoms with E-state index in [0.717, 1.165) is 60.1 Å². The van der Waals surface area contributed by atoms with Crippen LogP contribution in [0.4, 0.5) is 24.5 Å². The van der Waals surface area contributed by atoms with Gasteiger partial charge in [0.25, 0.3) is 0 Å². The number of aromatic nitrogens is 1. The van der Waals surface area contributed by atoms with Gasteiger partial charge in [-0.25, -0.2) is 9.29 Å². The predicted molar refractivity (Wildman–Crippen MR) is 147 cm³/mol. The van der Waals surface area contributed by atoms with E-state index in [4.69, 9.17) is 4.74 Å². The Morgan fingerprint density at radius 2 is 2.03 bits per heavy atom. The Morgan fingerprint density at radius 3 is 2.77 bits per heavy atom. The van der Waals surface area contributed by atoms with E-state index in [9.17, 15) is 22.8 Å². The van der Waals surface area contributed by atoms with Gasteiger partial charge in [0.2, 0.25) is 5.91 Å². The molecule has 0 aliphatic carbocycles. The molecular formula is C28H31F3N4O3S. The number of nitrogens with one attached hydrogen (secondary N) is 1. The molecule has 1 aliphatic rings. The average molecular weight is 561 g/mol. The summed E-state index contributed by atoms with van der Waals surface area (Å²) in [5, 5.41) is 4.81. The van der Waals surface area contributed by atoms with Crippen LogP contribution in [0, 0.1) is 5.92 Å². The van der Waals surface area contributed by atoms with Crippen molar-refractivity contribution in [2.24, 2.45) is 5.92 Å². The molecule has 1 aliphatic heterocycles. The van der Waals surface area contributed by atoms with Crippen molar-refractivity contribution in [3.05, 3.63) is 59.8 Å². The molecule has 3 aromatic rings. The Bertz CT molecular complexity index is 1320. The van der Waals surface area contributed by atoms with E-state index in [1.807, 2.05) is 29.6 Å². The fourth-order valence-electron chi connectivity index (χ4n) is 4.74. The summed E-state index contributed by atoms with van der Waals surface area (Å²) < 4.78 is 46.2. The molecule has 4 rings (SSSR count). The zero-order chi connectivity index (χ0) is 28.0. The second-order valence-corrected chi connectivity index (χ2v) is 10.6. The third-order valence-electron chi connectivity index (χ3n) is 6.68. The summed E-state index contributed by atoms with van der Waals surface area (Å²) in [4.78, 5) is 31.0. The second kappa shape index (κ2) is 12.8. The van der Waals surface area contributed by atoms with Gasteiger partial charge in [-0.1, -0.05) is 24.3 Å². The van der Waals surface area contributed by atoms with Crippen molar-refractivity contribution in [3.63, 3.8) is 0 Å². The largest absolute Gasteiger partial charge is 0.433 e. The first-order valence-electron chi connectivity index (χ1n) is 12.7. The molecule has 0 saturated carbocycles. The lowest BCUT2D eigenvalue weighted by atomic mass is 9.97. The second-order valence-electron chi connectivity index (χ2n) is 9.45. The number of methoxy groups -OCH3 is 1. The highest BCUT2D eigenvalue weighted by Gasteiger charge is 2.33. The van der Waals surface area contributed by atoms with Crippen molar-refractivity contribution in [2.45, 2.75) is 30.5 Å². The van der Waals surface area contributed by atoms with Crippen molar-refractivity contribution in [2.75, 3.05) is 50.6 Å². The highest BCUT2D eigenvalue weighted by atomic mass is 32.2. The van der Waals surface area contributed by atoms with Crippen molar-refractivity contribution in [1.29, 1.82) is 0 Å². The fraction of sp³-hybridized carbons (Fsp3) is 0.393. The van der Waals surface area contributed by atoms with E-state index in [1.165, 1.54) is 12.1 Å². The van der Waals surface area contributed by atoms with Gasteiger partial charge in [0.05, 0.1) is 5.92 Å². The topological polar surface area (TPSA) is 74.8 Å². The van der Waals surface area contributed by atoms with Gasteiger partial charge in [-0.2, -0.15) is 13.2 Å². The monoisotopic (exact) mass is 560 g/mol. The third-order valence-corrected chi connectivity index (χ3v) is 7.68. The van der Waals surface area contributed by atoms with Crippen molar-refractivity contribution in [1.82, 2.24) is 9.29 Å². The van der Waals surface area contributed by atoms with Gasteiger partial charge in [-0.05, 0) is 55.5 Å². The quantitative estimate of drug-likeness (QED) is 0.188. The number of carbonyl (C=O) groups is 2. The zero-order valence-electron chi connectivity index (χ0n) is 21.8. The number of carbonyl (C=O) groups excluding carboxylic acids is 2. The molecule has 2 aromatic carbocycles. The maximum Gasteiger partial charge on any atom is 0.433 e. The predicted octanol–water partition coefficient (Wildman–Crippen LogP) is 5.90. The Balaban J connectivity index is 1.50. The van der Waals surface area contributed by atoms with Crippen LogP contribution in [0.2, 0.25) is 0 Å². The number of hydrogen-bond acceptors (Lipinski definition) is 7. The van der Waals surface area contributed by atoms with E-state index in [-0.39, 0.29) is 16.9 Å². The highest BCUT2D eigenvalue weighted by molar-refractivity contribution is 7.97. The maximum atomic E-state index is 13.3. The summed E-state index contributed by atoms with van der Waals surface area (Å²) in [5.41, 5.74) is 1.09. The molecule has 7 nitrogen and oxygen atoms in total. The molecule has 1 aromatic heterocycles. The summed E-state index contributed by atoms with van der Waals surface area (Å²) in [5.74, 6) is -0.519. The first kappa shape index (κ1) is 28.8. The van der Waals surface area contributed by atoms with Gasteiger partial charge in [-0.3, -0.25) is 9.59 Å². The molecule has 1 unspecified atom stereocenters. The van der Waals surface area contributed by atoms with Crippen LogP contribution in [-0.4, -0.2) is 61.9 Å². The third kappa shape index (κ3) is 7.09. The molecule has 2 heterocycles. The van der Waals surface area contributed by atoms with Crippen LogP contribution in [0.5, 0.6) is 0 Å². The van der Waals surface area contributed by atoms with Crippen LogP contribution in [0.3, 0.4) is 0 Å². The van der Waals surface area contributed by atoms with E-state index >= 15 is 0 Å². The molecule has 1 amide bonds. The van der Waals surface area contributed by atoms with Gasteiger partial charge < -0.3 is 15.0 Å². The van der Waals surface area contributed by atoms with Crippen LogP contribution >= 0.6 is 11.9 Å². The number of nitrogens with zero attached hydrogens (tertiary/aromatic N) is 3. The number of hydrogen-bond donors (Lipinski definition) is 1. The SMILES string of the molecule is COCCCN(C)c1ccc(NC(=O)C2CCCN(Sc3cccc(C(F)(F)F)n3)C2)c2cccc(C=O)c12. The molecule has 1 atom stereocenters. The van der Waals surface area contributed by atoms with E-state index in [1.54, 1.807) is 19.2 Å². The van der Waals surface area contributed by atoms with Gasteiger partial charge in [0.15, 0.2) is 6.29 Å². The normalized spacial score (nSPS) is 16.3. The summed E-state index contributed by atoms with van der Waals surface area (Å²) in [6.07, 6.45) is -1.48. The number of ether oxygens (including phenoxy) is 1. The zero-order valence-corrected chi connectivity index (χ0v) is 22.6. The van der Waals surface area contributed by atoms with Gasteiger partial charge >= 0.3 is 6.18 Å². The lowest BCUT2D eigenvalue weighted by Gasteiger charge is -2.31. The number of alkyl halides is 3. The molecule has 39 heavy (non-hydrogen) atoms. The first-order valence-corrected chi connectivity index (χ1v) is 13.5. The minimum absolute atomic E-state index is 0.170. The summed E-state index contributed by atoms with van der Waals surface area (Å²) in [6.45, 7) is 2.38. The van der Waals surface area contributed by atoms with Gasteiger partial charge in [-0.15, -0.1) is 0 Å². The molecule has 0 spiro atoms. The van der Waals surface area contributed by atoms with Gasteiger partial charge in [0.1, 0.15) is 10.7 Å². The van der Waals surface area contributed by atoms with E-state index in [2.05, 4.69) is 15.2 Å². The Kier molecular flexibility index (Phi) is 9.47. The van der Waals surface area contributed by atoms with E-state index in [0.29, 0.717) is 37.4 Å². The smallest absolute Gasteiger partial charge is 0.385 e. The van der Waals surface area contributed by atoms with Crippen molar-refractivity contribution >= 4 is 46.3 Å².